The summed E-state index contributed by atoms with van der Waals surface area (Å²) in [6.45, 7) is 0. The normalized spacial score (nSPS) is 11.7. The van der Waals surface area contributed by atoms with Gasteiger partial charge in [-0.2, -0.15) is 0 Å². The smallest absolute Gasteiger partial charge is 0.125 e. The van der Waals surface area contributed by atoms with Crippen molar-refractivity contribution in [3.05, 3.63) is 94.1 Å². The van der Waals surface area contributed by atoms with E-state index in [4.69, 9.17) is 28.2 Å². The van der Waals surface area contributed by atoms with E-state index in [2.05, 4.69) is 4.98 Å². The molecule has 0 amide bonds. The Labute approximate surface area is 166 Å². The van der Waals surface area contributed by atoms with Crippen LogP contribution in [0.4, 0.5) is 0 Å². The second kappa shape index (κ2) is 7.39. The number of benzene rings is 3. The first kappa shape index (κ1) is 17.5. The maximum absolute atomic E-state index is 10.6. The lowest BCUT2D eigenvalue weighted by atomic mass is 10.1. The van der Waals surface area contributed by atoms with Gasteiger partial charge in [-0.1, -0.05) is 83.9 Å². The Morgan fingerprint density at radius 2 is 1.33 bits per heavy atom. The number of hydrogen-bond acceptors (Lipinski definition) is 3. The van der Waals surface area contributed by atoms with E-state index in [9.17, 15) is 5.11 Å². The molecule has 0 aliphatic rings. The van der Waals surface area contributed by atoms with Crippen molar-refractivity contribution in [2.75, 3.05) is 0 Å². The van der Waals surface area contributed by atoms with Gasteiger partial charge in [-0.3, -0.25) is 0 Å². The lowest BCUT2D eigenvalue weighted by Gasteiger charge is -2.09. The third-order valence-corrected chi connectivity index (χ3v) is 4.85. The summed E-state index contributed by atoms with van der Waals surface area (Å²) in [6.07, 6.45) is 1.62. The maximum Gasteiger partial charge on any atom is 0.125 e. The first-order chi connectivity index (χ1) is 13.1. The molecule has 1 N–H and O–H groups in total. The van der Waals surface area contributed by atoms with E-state index >= 15 is 0 Å². The number of halogens is 2. The molecule has 4 rings (SSSR count). The lowest BCUT2D eigenvalue weighted by Crippen LogP contribution is -1.96. The fourth-order valence-corrected chi connectivity index (χ4v) is 3.11. The number of aliphatic hydroxyl groups excluding tert-OH is 1. The van der Waals surface area contributed by atoms with Gasteiger partial charge in [-0.15, -0.1) is 0 Å². The molecular weight excluding hydrogens is 379 g/mol. The minimum Gasteiger partial charge on any atom is -0.507 e. The van der Waals surface area contributed by atoms with Gasteiger partial charge in [-0.25, -0.2) is 9.97 Å². The van der Waals surface area contributed by atoms with Crippen LogP contribution in [0.25, 0.3) is 34.1 Å². The third kappa shape index (κ3) is 3.65. The van der Waals surface area contributed by atoms with E-state index in [1.165, 1.54) is 0 Å². The molecule has 5 heteroatoms. The van der Waals surface area contributed by atoms with Crippen LogP contribution >= 0.6 is 23.2 Å². The van der Waals surface area contributed by atoms with Crippen molar-refractivity contribution in [3.63, 3.8) is 0 Å². The molecule has 0 saturated heterocycles. The number of fused-ring (bicyclic) bond motifs is 1. The zero-order valence-corrected chi connectivity index (χ0v) is 15.6. The molecule has 1 heterocycles. The van der Waals surface area contributed by atoms with Crippen LogP contribution in [-0.4, -0.2) is 15.1 Å². The van der Waals surface area contributed by atoms with Gasteiger partial charge < -0.3 is 5.11 Å². The molecule has 0 spiro atoms. The first-order valence-electron chi connectivity index (χ1n) is 8.30. The molecule has 0 fully saturated rings. The Bertz CT molecular complexity index is 1140. The fourth-order valence-electron chi connectivity index (χ4n) is 2.80. The highest BCUT2D eigenvalue weighted by Crippen LogP contribution is 2.30. The summed E-state index contributed by atoms with van der Waals surface area (Å²) in [7, 11) is 0. The van der Waals surface area contributed by atoms with Crippen molar-refractivity contribution >= 4 is 46.1 Å². The molecule has 0 saturated carbocycles. The highest BCUT2D eigenvalue weighted by molar-refractivity contribution is 6.42. The SMILES string of the molecule is O/C(=C\c1nc2cc(Cl)c(Cl)cc2nc1-c1ccccc1)c1ccccc1. The molecule has 0 aliphatic carbocycles. The zero-order chi connectivity index (χ0) is 18.8. The minimum atomic E-state index is 0.112. The molecule has 1 aromatic heterocycles. The molecule has 132 valence electrons. The molecule has 4 aromatic rings. The van der Waals surface area contributed by atoms with Crippen LogP contribution < -0.4 is 0 Å². The van der Waals surface area contributed by atoms with Crippen molar-refractivity contribution in [1.82, 2.24) is 9.97 Å². The minimum absolute atomic E-state index is 0.112. The van der Waals surface area contributed by atoms with Gasteiger partial charge in [0.15, 0.2) is 0 Å². The van der Waals surface area contributed by atoms with Gasteiger partial charge >= 0.3 is 0 Å². The van der Waals surface area contributed by atoms with Crippen LogP contribution in [0.5, 0.6) is 0 Å². The van der Waals surface area contributed by atoms with Crippen molar-refractivity contribution in [3.8, 4) is 11.3 Å². The van der Waals surface area contributed by atoms with Gasteiger partial charge in [0, 0.05) is 17.2 Å². The fraction of sp³-hybridized carbons (Fsp3) is 0. The predicted molar refractivity (Wildman–Crippen MR) is 112 cm³/mol. The van der Waals surface area contributed by atoms with Crippen LogP contribution in [0.1, 0.15) is 11.3 Å². The average Bonchev–Trinajstić information content (AvgIpc) is 2.70. The molecule has 3 nitrogen and oxygen atoms in total. The van der Waals surface area contributed by atoms with Crippen molar-refractivity contribution in [2.24, 2.45) is 0 Å². The number of aliphatic hydroxyl groups is 1. The van der Waals surface area contributed by atoms with Crippen molar-refractivity contribution < 1.29 is 5.11 Å². The van der Waals surface area contributed by atoms with Crippen LogP contribution in [0, 0.1) is 0 Å². The van der Waals surface area contributed by atoms with Crippen molar-refractivity contribution in [1.29, 1.82) is 0 Å². The topological polar surface area (TPSA) is 46.0 Å². The monoisotopic (exact) mass is 392 g/mol. The summed E-state index contributed by atoms with van der Waals surface area (Å²) in [5, 5.41) is 11.4. The van der Waals surface area contributed by atoms with Crippen LogP contribution in [0.15, 0.2) is 72.8 Å². The van der Waals surface area contributed by atoms with Gasteiger partial charge in [0.1, 0.15) is 5.76 Å². The average molecular weight is 393 g/mol. The van der Waals surface area contributed by atoms with Gasteiger partial charge in [0.05, 0.1) is 32.5 Å². The molecule has 0 unspecified atom stereocenters. The summed E-state index contributed by atoms with van der Waals surface area (Å²) in [6, 6.07) is 22.4. The molecular formula is C22H14Cl2N2O. The largest absolute Gasteiger partial charge is 0.507 e. The number of rotatable bonds is 3. The third-order valence-electron chi connectivity index (χ3n) is 4.12. The lowest BCUT2D eigenvalue weighted by molar-refractivity contribution is 0.515. The number of aromatic nitrogens is 2. The van der Waals surface area contributed by atoms with Crippen LogP contribution in [0.2, 0.25) is 10.0 Å². The van der Waals surface area contributed by atoms with Crippen molar-refractivity contribution in [2.45, 2.75) is 0 Å². The molecule has 0 aliphatic heterocycles. The summed E-state index contributed by atoms with van der Waals surface area (Å²) >= 11 is 12.3. The van der Waals surface area contributed by atoms with E-state index < -0.39 is 0 Å². The summed E-state index contributed by atoms with van der Waals surface area (Å²) in [5.74, 6) is 0.112. The zero-order valence-electron chi connectivity index (χ0n) is 14.1. The molecule has 0 atom stereocenters. The second-order valence-corrected chi connectivity index (χ2v) is 6.79. The Morgan fingerprint density at radius 3 is 1.96 bits per heavy atom. The van der Waals surface area contributed by atoms with E-state index in [1.807, 2.05) is 60.7 Å². The molecule has 0 radical (unpaired) electrons. The summed E-state index contributed by atoms with van der Waals surface area (Å²) in [4.78, 5) is 9.41. The molecule has 0 bridgehead atoms. The van der Waals surface area contributed by atoms with Gasteiger partial charge in [0.2, 0.25) is 0 Å². The van der Waals surface area contributed by atoms with E-state index in [0.717, 1.165) is 5.56 Å². The second-order valence-electron chi connectivity index (χ2n) is 5.97. The quantitative estimate of drug-likeness (QED) is 0.396. The Kier molecular flexibility index (Phi) is 4.80. The first-order valence-corrected chi connectivity index (χ1v) is 9.06. The van der Waals surface area contributed by atoms with Gasteiger partial charge in [-0.05, 0) is 12.1 Å². The Hall–Kier alpha value is -2.88. The molecule has 3 aromatic carbocycles. The van der Waals surface area contributed by atoms with Gasteiger partial charge in [0.25, 0.3) is 0 Å². The number of hydrogen-bond donors (Lipinski definition) is 1. The molecule has 27 heavy (non-hydrogen) atoms. The predicted octanol–water partition coefficient (Wildman–Crippen LogP) is 6.66. The van der Waals surface area contributed by atoms with E-state index in [-0.39, 0.29) is 5.76 Å². The standard InChI is InChI=1S/C22H14Cl2N2O/c23-16-11-18-19(12-17(16)24)26-22(15-9-5-2-6-10-15)20(25-18)13-21(27)14-7-3-1-4-8-14/h1-13,27H/b21-13-. The van der Waals surface area contributed by atoms with Crippen LogP contribution in [0.3, 0.4) is 0 Å². The van der Waals surface area contributed by atoms with E-state index in [1.54, 1.807) is 18.2 Å². The Morgan fingerprint density at radius 1 is 0.778 bits per heavy atom. The highest BCUT2D eigenvalue weighted by Gasteiger charge is 2.12. The highest BCUT2D eigenvalue weighted by atomic mass is 35.5. The summed E-state index contributed by atoms with van der Waals surface area (Å²) < 4.78 is 0. The summed E-state index contributed by atoms with van der Waals surface area (Å²) in [5.41, 5.74) is 4.05. The maximum atomic E-state index is 10.6. The van der Waals surface area contributed by atoms with E-state index in [0.29, 0.717) is 38.0 Å². The van der Waals surface area contributed by atoms with Crippen LogP contribution in [-0.2, 0) is 0 Å². The Balaban J connectivity index is 1.95. The number of nitrogens with zero attached hydrogens (tertiary/aromatic N) is 2.